The summed E-state index contributed by atoms with van der Waals surface area (Å²) in [6.45, 7) is 2.46. The van der Waals surface area contributed by atoms with Crippen molar-refractivity contribution in [3.05, 3.63) is 83.1 Å². The van der Waals surface area contributed by atoms with Crippen molar-refractivity contribution in [2.45, 2.75) is 37.4 Å². The fourth-order valence-electron chi connectivity index (χ4n) is 6.18. The van der Waals surface area contributed by atoms with Gasteiger partial charge in [0.15, 0.2) is 0 Å². The lowest BCUT2D eigenvalue weighted by atomic mass is 9.85. The molecule has 0 radical (unpaired) electrons. The normalized spacial score (nSPS) is 27.6. The molecule has 31 heavy (non-hydrogen) atoms. The lowest BCUT2D eigenvalue weighted by Gasteiger charge is -2.33. The molecule has 1 aromatic heterocycles. The molecule has 158 valence electrons. The van der Waals surface area contributed by atoms with Crippen LogP contribution < -0.4 is 0 Å². The van der Waals surface area contributed by atoms with E-state index in [9.17, 15) is 4.79 Å². The van der Waals surface area contributed by atoms with E-state index in [2.05, 4.69) is 45.2 Å². The van der Waals surface area contributed by atoms with Crippen LogP contribution in [0.15, 0.2) is 67.0 Å². The molecule has 1 spiro atoms. The zero-order valence-electron chi connectivity index (χ0n) is 17.3. The second-order valence-corrected chi connectivity index (χ2v) is 9.47. The Hall–Kier alpha value is -2.63. The first-order valence-electron chi connectivity index (χ1n) is 11.1. The summed E-state index contributed by atoms with van der Waals surface area (Å²) in [5.41, 5.74) is 3.13. The Morgan fingerprint density at radius 2 is 2.03 bits per heavy atom. The molecular formula is C25H25ClN4O. The molecule has 1 amide bonds. The second kappa shape index (κ2) is 7.21. The Kier molecular flexibility index (Phi) is 4.44. The van der Waals surface area contributed by atoms with Crippen LogP contribution in [0.25, 0.3) is 5.69 Å². The van der Waals surface area contributed by atoms with Gasteiger partial charge in [-0.3, -0.25) is 9.69 Å². The summed E-state index contributed by atoms with van der Waals surface area (Å²) >= 11 is 6.17. The molecule has 3 fully saturated rings. The summed E-state index contributed by atoms with van der Waals surface area (Å²) in [4.78, 5) is 18.3. The maximum Gasteiger partial charge on any atom is 0.243 e. The molecule has 3 aromatic rings. The topological polar surface area (TPSA) is 41.4 Å². The maximum absolute atomic E-state index is 13.7. The van der Waals surface area contributed by atoms with E-state index in [0.717, 1.165) is 48.6 Å². The van der Waals surface area contributed by atoms with Crippen LogP contribution >= 0.6 is 11.6 Å². The van der Waals surface area contributed by atoms with Crippen molar-refractivity contribution >= 4 is 17.5 Å². The molecule has 3 atom stereocenters. The number of aromatic nitrogens is 2. The molecule has 0 bridgehead atoms. The standard InChI is InChI=1S/C25H25ClN4O/c26-21-7-1-5-18(13-21)16-28-17-20-15-23(29-11-3-9-25(20,29)24(28)31)19-6-2-8-22(14-19)30-12-4-10-27-30/h1-2,4-8,10,12-14,20,23H,3,9,11,15-17H2/t20-,23-,25-/m0/s1. The largest absolute Gasteiger partial charge is 0.336 e. The third-order valence-electron chi connectivity index (χ3n) is 7.41. The first-order chi connectivity index (χ1) is 15.1. The van der Waals surface area contributed by atoms with Crippen molar-refractivity contribution in [1.82, 2.24) is 19.6 Å². The lowest BCUT2D eigenvalue weighted by molar-refractivity contribution is -0.137. The second-order valence-electron chi connectivity index (χ2n) is 9.03. The van der Waals surface area contributed by atoms with Gasteiger partial charge in [0.05, 0.1) is 5.69 Å². The molecule has 3 saturated heterocycles. The van der Waals surface area contributed by atoms with Crippen LogP contribution in [0.5, 0.6) is 0 Å². The van der Waals surface area contributed by atoms with Crippen LogP contribution in [0.4, 0.5) is 0 Å². The predicted octanol–water partition coefficient (Wildman–Crippen LogP) is 4.46. The summed E-state index contributed by atoms with van der Waals surface area (Å²) in [6, 6.07) is 18.7. The number of carbonyl (C=O) groups is 1. The highest BCUT2D eigenvalue weighted by atomic mass is 35.5. The molecule has 0 unspecified atom stereocenters. The van der Waals surface area contributed by atoms with Crippen LogP contribution in [-0.4, -0.2) is 44.1 Å². The van der Waals surface area contributed by atoms with Crippen LogP contribution in [-0.2, 0) is 11.3 Å². The molecule has 4 heterocycles. The average Bonchev–Trinajstić information content (AvgIpc) is 3.53. The van der Waals surface area contributed by atoms with Gasteiger partial charge >= 0.3 is 0 Å². The smallest absolute Gasteiger partial charge is 0.243 e. The first-order valence-corrected chi connectivity index (χ1v) is 11.4. The number of rotatable bonds is 4. The minimum Gasteiger partial charge on any atom is -0.336 e. The van der Waals surface area contributed by atoms with E-state index >= 15 is 0 Å². The molecule has 3 aliphatic rings. The number of hydrogen-bond acceptors (Lipinski definition) is 3. The zero-order chi connectivity index (χ0) is 21.0. The Bertz CT molecular complexity index is 1130. The van der Waals surface area contributed by atoms with Gasteiger partial charge in [-0.25, -0.2) is 4.68 Å². The van der Waals surface area contributed by atoms with Gasteiger partial charge in [0.25, 0.3) is 0 Å². The minimum atomic E-state index is -0.328. The van der Waals surface area contributed by atoms with Crippen molar-refractivity contribution in [3.8, 4) is 5.69 Å². The van der Waals surface area contributed by atoms with Crippen molar-refractivity contribution in [3.63, 3.8) is 0 Å². The van der Waals surface area contributed by atoms with E-state index in [1.165, 1.54) is 5.56 Å². The van der Waals surface area contributed by atoms with Gasteiger partial charge in [0.1, 0.15) is 5.54 Å². The Morgan fingerprint density at radius 1 is 1.13 bits per heavy atom. The molecule has 0 aliphatic carbocycles. The highest BCUT2D eigenvalue weighted by Gasteiger charge is 2.65. The van der Waals surface area contributed by atoms with Crippen molar-refractivity contribution in [1.29, 1.82) is 0 Å². The quantitative estimate of drug-likeness (QED) is 0.611. The van der Waals surface area contributed by atoms with E-state index in [1.807, 2.05) is 35.1 Å². The minimum absolute atomic E-state index is 0.292. The fourth-order valence-corrected chi connectivity index (χ4v) is 6.40. The SMILES string of the molecule is O=C1N(Cc2cccc(Cl)c2)C[C@@H]2C[C@@H](c3cccc(-n4cccn4)c3)N3CCC[C@@]123. The van der Waals surface area contributed by atoms with E-state index in [-0.39, 0.29) is 5.54 Å². The molecule has 0 N–H and O–H groups in total. The zero-order valence-corrected chi connectivity index (χ0v) is 18.1. The number of carbonyl (C=O) groups excluding carboxylic acids is 1. The lowest BCUT2D eigenvalue weighted by Crippen LogP contribution is -2.49. The van der Waals surface area contributed by atoms with Crippen molar-refractivity contribution in [2.24, 2.45) is 5.92 Å². The van der Waals surface area contributed by atoms with Crippen molar-refractivity contribution < 1.29 is 4.79 Å². The van der Waals surface area contributed by atoms with Crippen LogP contribution in [0, 0.1) is 5.92 Å². The van der Waals surface area contributed by atoms with Crippen molar-refractivity contribution in [2.75, 3.05) is 13.1 Å². The van der Waals surface area contributed by atoms with Gasteiger partial charge in [-0.2, -0.15) is 5.10 Å². The van der Waals surface area contributed by atoms with Crippen LogP contribution in [0.1, 0.15) is 36.4 Å². The van der Waals surface area contributed by atoms with Crippen LogP contribution in [0.3, 0.4) is 0 Å². The first kappa shape index (κ1) is 19.1. The number of benzene rings is 2. The van der Waals surface area contributed by atoms with E-state index in [4.69, 9.17) is 11.6 Å². The number of amides is 1. The van der Waals surface area contributed by atoms with Crippen LogP contribution in [0.2, 0.25) is 5.02 Å². The number of hydrogen-bond donors (Lipinski definition) is 0. The summed E-state index contributed by atoms with van der Waals surface area (Å²) in [5, 5.41) is 5.10. The summed E-state index contributed by atoms with van der Waals surface area (Å²) in [5.74, 6) is 0.681. The summed E-state index contributed by atoms with van der Waals surface area (Å²) in [7, 11) is 0. The predicted molar refractivity (Wildman–Crippen MR) is 120 cm³/mol. The number of likely N-dealkylation sites (tertiary alicyclic amines) is 1. The van der Waals surface area contributed by atoms with E-state index in [1.54, 1.807) is 6.20 Å². The molecule has 6 heteroatoms. The number of nitrogens with zero attached hydrogens (tertiary/aromatic N) is 4. The highest BCUT2D eigenvalue weighted by Crippen LogP contribution is 2.56. The van der Waals surface area contributed by atoms with Gasteiger partial charge in [0.2, 0.25) is 5.91 Å². The highest BCUT2D eigenvalue weighted by molar-refractivity contribution is 6.30. The van der Waals surface area contributed by atoms with Gasteiger partial charge in [-0.1, -0.05) is 35.9 Å². The fraction of sp³-hybridized carbons (Fsp3) is 0.360. The van der Waals surface area contributed by atoms with Gasteiger partial charge in [-0.15, -0.1) is 0 Å². The Morgan fingerprint density at radius 3 is 2.87 bits per heavy atom. The third kappa shape index (κ3) is 2.94. The number of halogens is 1. The molecule has 2 aromatic carbocycles. The maximum atomic E-state index is 13.7. The third-order valence-corrected chi connectivity index (χ3v) is 7.65. The Balaban J connectivity index is 1.29. The van der Waals surface area contributed by atoms with Gasteiger partial charge in [0, 0.05) is 42.5 Å². The van der Waals surface area contributed by atoms with Gasteiger partial charge < -0.3 is 4.90 Å². The molecule has 6 rings (SSSR count). The molecule has 0 saturated carbocycles. The molecular weight excluding hydrogens is 408 g/mol. The molecule has 3 aliphatic heterocycles. The van der Waals surface area contributed by atoms with Gasteiger partial charge in [-0.05, 0) is 67.3 Å². The van der Waals surface area contributed by atoms with E-state index < -0.39 is 0 Å². The molecule has 5 nitrogen and oxygen atoms in total. The Labute approximate surface area is 187 Å². The summed E-state index contributed by atoms with van der Waals surface area (Å²) in [6.07, 6.45) is 6.85. The average molecular weight is 433 g/mol. The van der Waals surface area contributed by atoms with E-state index in [0.29, 0.717) is 24.4 Å². The summed E-state index contributed by atoms with van der Waals surface area (Å²) < 4.78 is 1.90. The monoisotopic (exact) mass is 432 g/mol.